The van der Waals surface area contributed by atoms with Crippen LogP contribution < -0.4 is 5.32 Å². The molecule has 0 spiro atoms. The van der Waals surface area contributed by atoms with Crippen LogP contribution in [0.3, 0.4) is 0 Å². The number of H-pyrrole nitrogens is 2. The van der Waals surface area contributed by atoms with Crippen LogP contribution in [0.25, 0.3) is 34.0 Å². The van der Waals surface area contributed by atoms with Crippen molar-refractivity contribution in [3.8, 4) is 0 Å². The third-order valence-electron chi connectivity index (χ3n) is 22.0. The number of carboxylic acid groups (broad SMARTS) is 1. The summed E-state index contributed by atoms with van der Waals surface area (Å²) in [4.78, 5) is 94.6. The molecule has 6 fully saturated rings. The number of nitrogens with one attached hydrogen (secondary N) is 3. The summed E-state index contributed by atoms with van der Waals surface area (Å²) in [5.74, 6) is -1.48. The van der Waals surface area contributed by atoms with E-state index in [-0.39, 0.29) is 54.0 Å². The number of likely N-dealkylation sites (tertiary alicyclic amines) is 4. The molecule has 4 N–H and O–H groups in total. The molecule has 3 amide bonds. The van der Waals surface area contributed by atoms with Gasteiger partial charge in [-0.15, -0.1) is 0 Å². The number of carboxylic acids is 1. The first-order chi connectivity index (χ1) is 46.1. The number of carbonyl (C=O) groups is 6. The maximum absolute atomic E-state index is 14.2. The number of aliphatic carboxylic acids is 1. The summed E-state index contributed by atoms with van der Waals surface area (Å²) in [7, 11) is 4.42. The number of carbonyl (C=O) groups excluding carboxylic acids is 5. The largest absolute Gasteiger partial charge is 0.481 e. The minimum absolute atomic E-state index is 0.0303. The van der Waals surface area contributed by atoms with Crippen molar-refractivity contribution in [2.24, 2.45) is 23.7 Å². The van der Waals surface area contributed by atoms with E-state index in [4.69, 9.17) is 0 Å². The molecule has 19 heteroatoms. The molecule has 0 unspecified atom stereocenters. The number of hydrogen-bond acceptors (Lipinski definition) is 13. The van der Waals surface area contributed by atoms with Crippen molar-refractivity contribution in [1.82, 2.24) is 60.0 Å². The van der Waals surface area contributed by atoms with Crippen LogP contribution in [0.15, 0.2) is 96.3 Å². The number of aromatic nitrogens is 4. The minimum Gasteiger partial charge on any atom is -0.481 e. The number of ketones is 2. The summed E-state index contributed by atoms with van der Waals surface area (Å²) < 4.78 is 0. The van der Waals surface area contributed by atoms with Gasteiger partial charge in [0.25, 0.3) is 0 Å². The first-order valence-electron chi connectivity index (χ1n) is 35.2. The second-order valence-electron chi connectivity index (χ2n) is 28.4. The maximum atomic E-state index is 14.2. The topological polar surface area (TPSA) is 215 Å². The van der Waals surface area contributed by atoms with E-state index in [0.717, 1.165) is 135 Å². The predicted molar refractivity (Wildman–Crippen MR) is 371 cm³/mol. The highest BCUT2D eigenvalue weighted by atomic mass is 16.4. The summed E-state index contributed by atoms with van der Waals surface area (Å²) >= 11 is 0. The summed E-state index contributed by atoms with van der Waals surface area (Å²) in [6, 6.07) is 25.7. The van der Waals surface area contributed by atoms with Crippen molar-refractivity contribution >= 4 is 69.2 Å². The number of aryl methyl sites for hydroxylation is 2. The van der Waals surface area contributed by atoms with Crippen LogP contribution in [0.1, 0.15) is 109 Å². The van der Waals surface area contributed by atoms with E-state index in [1.807, 2.05) is 83.6 Å². The van der Waals surface area contributed by atoms with Gasteiger partial charge >= 0.3 is 5.97 Å². The minimum atomic E-state index is -0.963. The maximum Gasteiger partial charge on any atom is 0.307 e. The second-order valence-corrected chi connectivity index (χ2v) is 28.4. The molecule has 2 atom stereocenters. The zero-order chi connectivity index (χ0) is 66.1. The molecule has 4 aromatic carbocycles. The second kappa shape index (κ2) is 31.0. The molecule has 2 aliphatic carbocycles. The number of piperidine rings is 4. The number of rotatable bonds is 14. The fourth-order valence-electron chi connectivity index (χ4n) is 16.2. The average Bonchev–Trinajstić information content (AvgIpc) is 1.91. The van der Waals surface area contributed by atoms with Crippen molar-refractivity contribution in [2.75, 3.05) is 119 Å². The van der Waals surface area contributed by atoms with Gasteiger partial charge in [0.1, 0.15) is 0 Å². The van der Waals surface area contributed by atoms with Crippen LogP contribution in [0.5, 0.6) is 0 Å². The summed E-state index contributed by atoms with van der Waals surface area (Å²) in [6.07, 6.45) is 17.6. The monoisotopic (exact) mass is 1290 g/mol. The number of fused-ring (bicyclic) bond motifs is 4. The van der Waals surface area contributed by atoms with Crippen molar-refractivity contribution in [1.29, 1.82) is 0 Å². The Labute approximate surface area is 559 Å². The van der Waals surface area contributed by atoms with Crippen molar-refractivity contribution in [2.45, 2.75) is 116 Å². The number of hydrogen-bond donors (Lipinski definition) is 4. The van der Waals surface area contributed by atoms with Gasteiger partial charge in [-0.2, -0.15) is 10.2 Å². The lowest BCUT2D eigenvalue weighted by Crippen LogP contribution is -2.55. The van der Waals surface area contributed by atoms with Crippen LogP contribution in [0.4, 0.5) is 0 Å². The molecule has 6 aliphatic heterocycles. The molecule has 6 saturated heterocycles. The number of nitrogens with zero attached hydrogens (tertiary/aromatic N) is 9. The molecule has 8 heterocycles. The molecule has 8 aliphatic rings. The van der Waals surface area contributed by atoms with E-state index in [1.165, 1.54) is 65.0 Å². The zero-order valence-electron chi connectivity index (χ0n) is 56.3. The van der Waals surface area contributed by atoms with E-state index in [2.05, 4.69) is 90.6 Å². The first-order valence-corrected chi connectivity index (χ1v) is 35.2. The number of amides is 3. The Morgan fingerprint density at radius 1 is 0.516 bits per heavy atom. The Kier molecular flexibility index (Phi) is 22.0. The summed E-state index contributed by atoms with van der Waals surface area (Å²) in [5, 5.41) is 29.5. The van der Waals surface area contributed by atoms with Crippen LogP contribution >= 0.6 is 0 Å². The molecule has 2 aromatic heterocycles. The van der Waals surface area contributed by atoms with E-state index in [1.54, 1.807) is 11.1 Å². The fourth-order valence-corrected chi connectivity index (χ4v) is 16.2. The number of piperazine rings is 2. The van der Waals surface area contributed by atoms with Crippen molar-refractivity contribution in [3.05, 3.63) is 141 Å². The van der Waals surface area contributed by atoms with Crippen LogP contribution in [0.2, 0.25) is 0 Å². The Morgan fingerprint density at radius 2 is 0.937 bits per heavy atom. The lowest BCUT2D eigenvalue weighted by Gasteiger charge is -2.43. The van der Waals surface area contributed by atoms with Gasteiger partial charge in [-0.1, -0.05) is 60.7 Å². The van der Waals surface area contributed by atoms with Gasteiger partial charge in [0.05, 0.1) is 35.3 Å². The molecular formula is C76H98N12O7. The van der Waals surface area contributed by atoms with Gasteiger partial charge in [-0.25, -0.2) is 0 Å². The Balaban J connectivity index is 0.000000157. The standard InChI is InChI=1S/C38H48N6O3.C28H29N3O4.C10H21N3/c1-26-19-27(21-32-25-39-40-37(26)32)20-31(38(47)44-17-15-42(16-18-44)33-9-11-41(2)12-10-33)24-36(46)43-13-7-28(8-14-43)34-22-29-5-3-4-6-30(29)23-35(34)45;1-17-10-18(12-23-16-29-30-27(17)23)11-22(28(34)35)15-26(33)31-8-6-19(7-9-31)24-13-20-4-2-3-5-21(20)14-25(24)32;1-12-6-2-10(3-7-12)13-8-4-11-5-9-13/h3-6,19,21-22,25,28,31,33H,7-18,20,23-24H2,1-2H3,(H,39,40);2-5,10,12-13,16,19,22H,6-9,11,14-15H2,1H3,(H,29,30)(H,34,35);10-11H,2-9H2,1H3/t31-;22-;/m00./s1. The number of allylic oxidation sites excluding steroid dienone is 2. The summed E-state index contributed by atoms with van der Waals surface area (Å²) in [6.45, 7) is 19.3. The highest BCUT2D eigenvalue weighted by molar-refractivity contribution is 6.05. The number of Topliss-reactive ketones (excluding diaryl/α,β-unsaturated/α-hetero) is 2. The lowest BCUT2D eigenvalue weighted by atomic mass is 9.80. The third kappa shape index (κ3) is 16.6. The molecular weight excluding hydrogens is 1190 g/mol. The zero-order valence-corrected chi connectivity index (χ0v) is 56.3. The van der Waals surface area contributed by atoms with Gasteiger partial charge in [0, 0.05) is 127 Å². The van der Waals surface area contributed by atoms with Gasteiger partial charge < -0.3 is 34.9 Å². The molecule has 0 bridgehead atoms. The summed E-state index contributed by atoms with van der Waals surface area (Å²) in [5.41, 5.74) is 12.2. The molecule has 0 saturated carbocycles. The normalized spacial score (nSPS) is 20.8. The third-order valence-corrected chi connectivity index (χ3v) is 22.0. The highest BCUT2D eigenvalue weighted by Crippen LogP contribution is 2.35. The number of aromatic amines is 2. The quantitative estimate of drug-likeness (QED) is 0.0813. The first kappa shape index (κ1) is 67.3. The van der Waals surface area contributed by atoms with Crippen LogP contribution in [0, 0.1) is 37.5 Å². The van der Waals surface area contributed by atoms with Gasteiger partial charge in [-0.3, -0.25) is 48.8 Å². The SMILES string of the molecule is CN1CCC(N2CCNCC2)CC1.Cc1cc(C[C@@H](CC(=O)N2CCC(C3=Cc4ccccc4CC3=O)CC2)C(=O)N2CCN(C3CCN(C)CC3)CC2)cc2cn[nH]c12.Cc1cc(C[C@@H](CC(=O)N2CCC(C3=Cc4ccccc4CC3=O)CC2)C(=O)O)cc2cn[nH]c12. The number of benzene rings is 4. The van der Waals surface area contributed by atoms with Gasteiger partial charge in [0.2, 0.25) is 17.7 Å². The smallest absolute Gasteiger partial charge is 0.307 e. The molecule has 14 rings (SSSR count). The predicted octanol–water partition coefficient (Wildman–Crippen LogP) is 8.04. The van der Waals surface area contributed by atoms with E-state index in [0.29, 0.717) is 71.0 Å². The van der Waals surface area contributed by atoms with Crippen molar-refractivity contribution in [3.63, 3.8) is 0 Å². The van der Waals surface area contributed by atoms with E-state index >= 15 is 0 Å². The molecule has 504 valence electrons. The lowest BCUT2D eigenvalue weighted by molar-refractivity contribution is -0.146. The van der Waals surface area contributed by atoms with E-state index in [9.17, 15) is 33.9 Å². The Morgan fingerprint density at radius 3 is 1.39 bits per heavy atom. The molecule has 6 aromatic rings. The van der Waals surface area contributed by atoms with Crippen molar-refractivity contribution < 1.29 is 33.9 Å². The average molecular weight is 1290 g/mol. The molecule has 0 radical (unpaired) electrons. The van der Waals surface area contributed by atoms with Gasteiger partial charge in [-0.05, 0) is 210 Å². The van der Waals surface area contributed by atoms with E-state index < -0.39 is 17.8 Å². The Bertz CT molecular complexity index is 3770. The van der Waals surface area contributed by atoms with Crippen LogP contribution in [-0.4, -0.2) is 226 Å². The fraction of sp³-hybridized carbons (Fsp3) is 0.526. The highest BCUT2D eigenvalue weighted by Gasteiger charge is 2.37. The molecule has 19 nitrogen and oxygen atoms in total. The Hall–Kier alpha value is -7.68. The molecule has 95 heavy (non-hydrogen) atoms. The van der Waals surface area contributed by atoms with Gasteiger partial charge in [0.15, 0.2) is 11.6 Å². The van der Waals surface area contributed by atoms with Crippen LogP contribution in [-0.2, 0) is 54.5 Å².